The molecule has 2 N–H and O–H groups in total. The smallest absolute Gasteiger partial charge is 0.327 e. The quantitative estimate of drug-likeness (QED) is 0.790. The van der Waals surface area contributed by atoms with Gasteiger partial charge < -0.3 is 15.3 Å². The van der Waals surface area contributed by atoms with Gasteiger partial charge >= 0.3 is 12.0 Å². The second kappa shape index (κ2) is 6.74. The van der Waals surface area contributed by atoms with E-state index in [2.05, 4.69) is 12.2 Å². The van der Waals surface area contributed by atoms with Crippen LogP contribution in [0.4, 0.5) is 4.79 Å². The molecule has 1 fully saturated rings. The predicted molar refractivity (Wildman–Crippen MR) is 68.1 cm³/mol. The Balaban J connectivity index is 2.43. The molecule has 6 heteroatoms. The molecule has 17 heavy (non-hydrogen) atoms. The van der Waals surface area contributed by atoms with Crippen molar-refractivity contribution in [3.8, 4) is 0 Å². The van der Waals surface area contributed by atoms with E-state index in [4.69, 9.17) is 5.11 Å². The molecule has 0 saturated carbocycles. The van der Waals surface area contributed by atoms with Crippen molar-refractivity contribution in [2.24, 2.45) is 0 Å². The van der Waals surface area contributed by atoms with Crippen molar-refractivity contribution in [1.29, 1.82) is 0 Å². The first-order chi connectivity index (χ1) is 8.06. The molecule has 0 aliphatic carbocycles. The number of carboxylic acid groups (broad SMARTS) is 1. The lowest BCUT2D eigenvalue weighted by Gasteiger charge is -2.23. The summed E-state index contributed by atoms with van der Waals surface area (Å²) >= 11 is 1.48. The van der Waals surface area contributed by atoms with Crippen LogP contribution >= 0.6 is 11.8 Å². The van der Waals surface area contributed by atoms with Gasteiger partial charge in [0.15, 0.2) is 0 Å². The summed E-state index contributed by atoms with van der Waals surface area (Å²) in [5, 5.41) is 11.8. The second-order valence-electron chi connectivity index (χ2n) is 4.32. The maximum Gasteiger partial charge on any atom is 0.327 e. The molecule has 0 aromatic carbocycles. The Bertz CT molecular complexity index is 286. The number of thioether (sulfide) groups is 1. The van der Waals surface area contributed by atoms with Crippen molar-refractivity contribution in [2.75, 3.05) is 11.6 Å². The van der Waals surface area contributed by atoms with E-state index < -0.39 is 12.0 Å². The highest BCUT2D eigenvalue weighted by Gasteiger charge is 2.34. The van der Waals surface area contributed by atoms with E-state index in [9.17, 15) is 9.59 Å². The molecule has 1 unspecified atom stereocenters. The van der Waals surface area contributed by atoms with Gasteiger partial charge in [-0.05, 0) is 13.3 Å². The van der Waals surface area contributed by atoms with Crippen LogP contribution < -0.4 is 5.32 Å². The van der Waals surface area contributed by atoms with E-state index in [-0.39, 0.29) is 12.1 Å². The summed E-state index contributed by atoms with van der Waals surface area (Å²) in [6.45, 7) is 4.05. The maximum atomic E-state index is 11.9. The minimum absolute atomic E-state index is 0.0995. The number of rotatable bonds is 5. The van der Waals surface area contributed by atoms with Crippen LogP contribution in [0.1, 0.15) is 33.1 Å². The average molecular weight is 260 g/mol. The van der Waals surface area contributed by atoms with Gasteiger partial charge in [0.25, 0.3) is 0 Å². The number of carbonyl (C=O) groups excluding carboxylic acids is 1. The Labute approximate surface area is 106 Å². The zero-order valence-corrected chi connectivity index (χ0v) is 11.1. The number of carboxylic acids is 1. The number of carbonyl (C=O) groups is 2. The van der Waals surface area contributed by atoms with Crippen molar-refractivity contribution < 1.29 is 14.7 Å². The Morgan fingerprint density at radius 3 is 2.88 bits per heavy atom. The van der Waals surface area contributed by atoms with Crippen molar-refractivity contribution in [3.63, 3.8) is 0 Å². The second-order valence-corrected chi connectivity index (χ2v) is 5.32. The molecule has 1 heterocycles. The number of nitrogens with zero attached hydrogens (tertiary/aromatic N) is 1. The van der Waals surface area contributed by atoms with Crippen LogP contribution in [0.25, 0.3) is 0 Å². The fourth-order valence-corrected chi connectivity index (χ4v) is 2.87. The summed E-state index contributed by atoms with van der Waals surface area (Å²) in [5.74, 6) is 0.0152. The molecule has 2 amide bonds. The number of hydrogen-bond acceptors (Lipinski definition) is 3. The van der Waals surface area contributed by atoms with E-state index >= 15 is 0 Å². The predicted octanol–water partition coefficient (Wildman–Crippen LogP) is 1.73. The van der Waals surface area contributed by atoms with Crippen molar-refractivity contribution in [2.45, 2.75) is 45.2 Å². The molecular formula is C11H20N2O3S. The molecule has 0 radical (unpaired) electrons. The Hall–Kier alpha value is -0.910. The molecule has 98 valence electrons. The molecule has 0 bridgehead atoms. The van der Waals surface area contributed by atoms with E-state index in [1.807, 2.05) is 6.92 Å². The molecule has 0 aromatic heterocycles. The van der Waals surface area contributed by atoms with Crippen molar-refractivity contribution in [1.82, 2.24) is 10.2 Å². The SMILES string of the molecule is CCCCC(C)NC(=O)N1CSC[C@H]1C(=O)O. The maximum absolute atomic E-state index is 11.9. The highest BCUT2D eigenvalue weighted by Crippen LogP contribution is 2.21. The number of nitrogens with one attached hydrogen (secondary N) is 1. The lowest BCUT2D eigenvalue weighted by molar-refractivity contribution is -0.140. The third kappa shape index (κ3) is 4.11. The molecular weight excluding hydrogens is 240 g/mol. The summed E-state index contributed by atoms with van der Waals surface area (Å²) in [7, 11) is 0. The van der Waals surface area contributed by atoms with Crippen LogP contribution in [0.15, 0.2) is 0 Å². The molecule has 1 aliphatic rings. The number of amides is 2. The minimum atomic E-state index is -0.925. The summed E-state index contributed by atoms with van der Waals surface area (Å²) in [5.41, 5.74) is 0. The number of unbranched alkanes of at least 4 members (excludes halogenated alkanes) is 1. The molecule has 5 nitrogen and oxygen atoms in total. The van der Waals surface area contributed by atoms with Crippen molar-refractivity contribution >= 4 is 23.8 Å². The van der Waals surface area contributed by atoms with Crippen LogP contribution in [0.5, 0.6) is 0 Å². The van der Waals surface area contributed by atoms with E-state index in [0.29, 0.717) is 11.6 Å². The fourth-order valence-electron chi connectivity index (χ4n) is 1.72. The lowest BCUT2D eigenvalue weighted by atomic mass is 10.1. The molecule has 0 spiro atoms. The van der Waals surface area contributed by atoms with Gasteiger partial charge in [-0.3, -0.25) is 0 Å². The molecule has 1 aliphatic heterocycles. The standard InChI is InChI=1S/C11H20N2O3S/c1-3-4-5-8(2)12-11(16)13-7-17-6-9(13)10(14)15/h8-9H,3-7H2,1-2H3,(H,12,16)(H,14,15)/t8?,9-/m0/s1. The van der Waals surface area contributed by atoms with Gasteiger partial charge in [-0.2, -0.15) is 0 Å². The number of hydrogen-bond donors (Lipinski definition) is 2. The number of aliphatic carboxylic acids is 1. The highest BCUT2D eigenvalue weighted by atomic mass is 32.2. The van der Waals surface area contributed by atoms with E-state index in [0.717, 1.165) is 19.3 Å². The van der Waals surface area contributed by atoms with Crippen LogP contribution in [0.3, 0.4) is 0 Å². The Morgan fingerprint density at radius 2 is 2.29 bits per heavy atom. The van der Waals surface area contributed by atoms with E-state index in [1.54, 1.807) is 0 Å². The first-order valence-electron chi connectivity index (χ1n) is 5.94. The average Bonchev–Trinajstić information content (AvgIpc) is 2.75. The zero-order valence-electron chi connectivity index (χ0n) is 10.3. The number of urea groups is 1. The van der Waals surface area contributed by atoms with Gasteiger partial charge in [0, 0.05) is 11.8 Å². The van der Waals surface area contributed by atoms with Gasteiger partial charge in [-0.25, -0.2) is 9.59 Å². The first kappa shape index (κ1) is 14.2. The topological polar surface area (TPSA) is 69.6 Å². The van der Waals surface area contributed by atoms with Gasteiger partial charge in [-0.1, -0.05) is 19.8 Å². The largest absolute Gasteiger partial charge is 0.480 e. The van der Waals surface area contributed by atoms with Crippen molar-refractivity contribution in [3.05, 3.63) is 0 Å². The third-order valence-electron chi connectivity index (χ3n) is 2.79. The molecule has 1 rings (SSSR count). The summed E-state index contributed by atoms with van der Waals surface area (Å²) in [6.07, 6.45) is 3.09. The summed E-state index contributed by atoms with van der Waals surface area (Å²) < 4.78 is 0. The fraction of sp³-hybridized carbons (Fsp3) is 0.818. The third-order valence-corrected chi connectivity index (χ3v) is 3.80. The van der Waals surface area contributed by atoms with Crippen LogP contribution in [-0.2, 0) is 4.79 Å². The molecule has 1 saturated heterocycles. The van der Waals surface area contributed by atoms with Crippen LogP contribution in [0.2, 0.25) is 0 Å². The monoisotopic (exact) mass is 260 g/mol. The normalized spacial score (nSPS) is 21.3. The van der Waals surface area contributed by atoms with Crippen LogP contribution in [0, 0.1) is 0 Å². The summed E-state index contributed by atoms with van der Waals surface area (Å²) in [6, 6.07) is -0.841. The van der Waals surface area contributed by atoms with Gasteiger partial charge in [0.05, 0.1) is 5.88 Å². The summed E-state index contributed by atoms with van der Waals surface area (Å²) in [4.78, 5) is 24.2. The Kier molecular flexibility index (Phi) is 5.61. The minimum Gasteiger partial charge on any atom is -0.480 e. The van der Waals surface area contributed by atoms with Gasteiger partial charge in [-0.15, -0.1) is 11.8 Å². The highest BCUT2D eigenvalue weighted by molar-refractivity contribution is 7.99. The van der Waals surface area contributed by atoms with E-state index in [1.165, 1.54) is 16.7 Å². The molecule has 0 aromatic rings. The Morgan fingerprint density at radius 1 is 1.59 bits per heavy atom. The lowest BCUT2D eigenvalue weighted by Crippen LogP contribution is -2.49. The first-order valence-corrected chi connectivity index (χ1v) is 7.09. The van der Waals surface area contributed by atoms with Gasteiger partial charge in [0.2, 0.25) is 0 Å². The van der Waals surface area contributed by atoms with Gasteiger partial charge in [0.1, 0.15) is 6.04 Å². The molecule has 2 atom stereocenters. The van der Waals surface area contributed by atoms with Crippen LogP contribution in [-0.4, -0.2) is 45.7 Å². The zero-order chi connectivity index (χ0) is 12.8.